The van der Waals surface area contributed by atoms with Crippen LogP contribution in [0.25, 0.3) is 11.1 Å². The number of carbonyl (C=O) groups excluding carboxylic acids is 1. The molecule has 2 heterocycles. The summed E-state index contributed by atoms with van der Waals surface area (Å²) in [6, 6.07) is 10.3. The van der Waals surface area contributed by atoms with Gasteiger partial charge in [-0.05, 0) is 49.8 Å². The molecule has 3 rings (SSSR count). The number of benzene rings is 1. The van der Waals surface area contributed by atoms with Gasteiger partial charge in [0.2, 0.25) is 0 Å². The third-order valence-corrected chi connectivity index (χ3v) is 5.22. The molecule has 5 nitrogen and oxygen atoms in total. The van der Waals surface area contributed by atoms with E-state index in [1.165, 1.54) is 5.56 Å². The van der Waals surface area contributed by atoms with Gasteiger partial charge in [-0.2, -0.15) is 0 Å². The van der Waals surface area contributed by atoms with E-state index in [9.17, 15) is 4.79 Å². The molecule has 0 fully saturated rings. The van der Waals surface area contributed by atoms with Gasteiger partial charge in [-0.25, -0.2) is 4.98 Å². The predicted octanol–water partition coefficient (Wildman–Crippen LogP) is 5.23. The standard InChI is InChI=1S/C22H27N3O2/c1-6-13(3)16-8-10-17(11-9-16)19(7-2)24-21(26)18-12-14(4)23-22-20(18)15(5)25-27-22/h8-13,19H,6-7H2,1-5H3,(H,24,26)/t13-,19+/m0/s1. The van der Waals surface area contributed by atoms with Gasteiger partial charge >= 0.3 is 0 Å². The van der Waals surface area contributed by atoms with Crippen molar-refractivity contribution in [2.24, 2.45) is 0 Å². The molecule has 1 N–H and O–H groups in total. The number of carbonyl (C=O) groups is 1. The minimum Gasteiger partial charge on any atom is -0.345 e. The summed E-state index contributed by atoms with van der Waals surface area (Å²) in [5.41, 5.74) is 4.81. The van der Waals surface area contributed by atoms with Gasteiger partial charge in [-0.3, -0.25) is 4.79 Å². The van der Waals surface area contributed by atoms with Crippen LogP contribution in [-0.2, 0) is 0 Å². The Morgan fingerprint density at radius 3 is 2.41 bits per heavy atom. The van der Waals surface area contributed by atoms with Crippen LogP contribution in [0, 0.1) is 13.8 Å². The van der Waals surface area contributed by atoms with E-state index in [4.69, 9.17) is 4.52 Å². The first-order valence-corrected chi connectivity index (χ1v) is 9.58. The van der Waals surface area contributed by atoms with Crippen LogP contribution < -0.4 is 5.32 Å². The highest BCUT2D eigenvalue weighted by molar-refractivity contribution is 6.06. The fourth-order valence-corrected chi connectivity index (χ4v) is 3.35. The van der Waals surface area contributed by atoms with E-state index >= 15 is 0 Å². The lowest BCUT2D eigenvalue weighted by Gasteiger charge is -2.19. The van der Waals surface area contributed by atoms with E-state index < -0.39 is 0 Å². The zero-order valence-corrected chi connectivity index (χ0v) is 16.7. The molecule has 27 heavy (non-hydrogen) atoms. The average molecular weight is 365 g/mol. The summed E-state index contributed by atoms with van der Waals surface area (Å²) in [6.07, 6.45) is 1.92. The number of hydrogen-bond acceptors (Lipinski definition) is 4. The summed E-state index contributed by atoms with van der Waals surface area (Å²) >= 11 is 0. The molecule has 3 aromatic rings. The fourth-order valence-electron chi connectivity index (χ4n) is 3.35. The lowest BCUT2D eigenvalue weighted by molar-refractivity contribution is 0.0937. The van der Waals surface area contributed by atoms with E-state index in [2.05, 4.69) is 60.5 Å². The summed E-state index contributed by atoms with van der Waals surface area (Å²) < 4.78 is 5.24. The van der Waals surface area contributed by atoms with Crippen molar-refractivity contribution in [1.82, 2.24) is 15.5 Å². The summed E-state index contributed by atoms with van der Waals surface area (Å²) in [6.45, 7) is 10.2. The first-order valence-electron chi connectivity index (χ1n) is 9.58. The van der Waals surface area contributed by atoms with Gasteiger partial charge in [0.1, 0.15) is 0 Å². The number of amides is 1. The van der Waals surface area contributed by atoms with Gasteiger partial charge in [0.15, 0.2) is 0 Å². The van der Waals surface area contributed by atoms with Crippen LogP contribution in [0.5, 0.6) is 0 Å². The Hall–Kier alpha value is -2.69. The lowest BCUT2D eigenvalue weighted by atomic mass is 9.95. The molecule has 5 heteroatoms. The third-order valence-electron chi connectivity index (χ3n) is 5.22. The minimum atomic E-state index is -0.130. The second-order valence-corrected chi connectivity index (χ2v) is 7.17. The summed E-state index contributed by atoms with van der Waals surface area (Å²) in [5, 5.41) is 7.80. The minimum absolute atomic E-state index is 0.0489. The maximum absolute atomic E-state index is 13.0. The topological polar surface area (TPSA) is 68.0 Å². The molecule has 2 atom stereocenters. The van der Waals surface area contributed by atoms with E-state index in [0.29, 0.717) is 28.3 Å². The average Bonchev–Trinajstić information content (AvgIpc) is 3.05. The Morgan fingerprint density at radius 2 is 1.78 bits per heavy atom. The van der Waals surface area contributed by atoms with Crippen molar-refractivity contribution < 1.29 is 9.32 Å². The van der Waals surface area contributed by atoms with Gasteiger partial charge < -0.3 is 9.84 Å². The molecule has 2 aromatic heterocycles. The molecule has 0 radical (unpaired) electrons. The largest absolute Gasteiger partial charge is 0.345 e. The summed E-state index contributed by atoms with van der Waals surface area (Å²) in [5.74, 6) is 0.410. The number of rotatable bonds is 6. The SMILES string of the molecule is CC[C@H](C)c1ccc([C@@H](CC)NC(=O)c2cc(C)nc3onc(C)c23)cc1. The second kappa shape index (κ2) is 7.91. The second-order valence-electron chi connectivity index (χ2n) is 7.17. The third kappa shape index (κ3) is 3.87. The quantitative estimate of drug-likeness (QED) is 0.649. The molecule has 0 aliphatic rings. The Labute approximate surface area is 160 Å². The Balaban J connectivity index is 1.87. The maximum atomic E-state index is 13.0. The van der Waals surface area contributed by atoms with Crippen molar-refractivity contribution in [2.75, 3.05) is 0 Å². The van der Waals surface area contributed by atoms with Crippen LogP contribution in [0.1, 0.15) is 78.4 Å². The predicted molar refractivity (Wildman–Crippen MR) is 107 cm³/mol. The molecule has 142 valence electrons. The highest BCUT2D eigenvalue weighted by Gasteiger charge is 2.20. The van der Waals surface area contributed by atoms with Crippen molar-refractivity contribution >= 4 is 17.0 Å². The zero-order chi connectivity index (χ0) is 19.6. The Morgan fingerprint density at radius 1 is 1.11 bits per heavy atom. The number of nitrogens with zero attached hydrogens (tertiary/aromatic N) is 2. The van der Waals surface area contributed by atoms with Crippen molar-refractivity contribution in [3.8, 4) is 0 Å². The van der Waals surface area contributed by atoms with Gasteiger partial charge in [0.05, 0.1) is 22.7 Å². The Kier molecular flexibility index (Phi) is 5.59. The normalized spacial score (nSPS) is 13.5. The van der Waals surface area contributed by atoms with Crippen LogP contribution in [0.4, 0.5) is 0 Å². The zero-order valence-electron chi connectivity index (χ0n) is 16.7. The summed E-state index contributed by atoms with van der Waals surface area (Å²) in [7, 11) is 0. The molecular formula is C22H27N3O2. The van der Waals surface area contributed by atoms with E-state index in [1.54, 1.807) is 6.07 Å². The number of hydrogen-bond donors (Lipinski definition) is 1. The molecule has 0 saturated heterocycles. The van der Waals surface area contributed by atoms with Gasteiger partial charge in [-0.15, -0.1) is 0 Å². The highest BCUT2D eigenvalue weighted by Crippen LogP contribution is 2.25. The van der Waals surface area contributed by atoms with Crippen molar-refractivity contribution in [3.05, 3.63) is 58.4 Å². The maximum Gasteiger partial charge on any atom is 0.258 e. The van der Waals surface area contributed by atoms with Gasteiger partial charge in [0, 0.05) is 5.69 Å². The fraction of sp³-hybridized carbons (Fsp3) is 0.409. The number of aromatic nitrogens is 2. The number of nitrogens with one attached hydrogen (secondary N) is 1. The van der Waals surface area contributed by atoms with Crippen molar-refractivity contribution in [1.29, 1.82) is 0 Å². The molecule has 0 aliphatic heterocycles. The van der Waals surface area contributed by atoms with Crippen molar-refractivity contribution in [2.45, 2.75) is 59.4 Å². The van der Waals surface area contributed by atoms with Crippen LogP contribution >= 0.6 is 0 Å². The molecule has 1 aromatic carbocycles. The van der Waals surface area contributed by atoms with Gasteiger partial charge in [-0.1, -0.05) is 50.2 Å². The van der Waals surface area contributed by atoms with Gasteiger partial charge in [0.25, 0.3) is 11.6 Å². The van der Waals surface area contributed by atoms with Crippen LogP contribution in [-0.4, -0.2) is 16.0 Å². The molecular weight excluding hydrogens is 338 g/mol. The van der Waals surface area contributed by atoms with Crippen LogP contribution in [0.15, 0.2) is 34.9 Å². The first-order chi connectivity index (χ1) is 12.9. The molecule has 0 unspecified atom stereocenters. The molecule has 1 amide bonds. The summed E-state index contributed by atoms with van der Waals surface area (Å²) in [4.78, 5) is 17.3. The monoisotopic (exact) mass is 365 g/mol. The van der Waals surface area contributed by atoms with Crippen molar-refractivity contribution in [3.63, 3.8) is 0 Å². The van der Waals surface area contributed by atoms with E-state index in [0.717, 1.165) is 24.1 Å². The van der Waals surface area contributed by atoms with E-state index in [-0.39, 0.29) is 11.9 Å². The van der Waals surface area contributed by atoms with Crippen LogP contribution in [0.2, 0.25) is 0 Å². The Bertz CT molecular complexity index is 944. The van der Waals surface area contributed by atoms with E-state index in [1.807, 2.05) is 13.8 Å². The number of aryl methyl sites for hydroxylation is 2. The number of pyridine rings is 1. The smallest absolute Gasteiger partial charge is 0.258 e. The van der Waals surface area contributed by atoms with Crippen LogP contribution in [0.3, 0.4) is 0 Å². The lowest BCUT2D eigenvalue weighted by Crippen LogP contribution is -2.28. The molecule has 0 aliphatic carbocycles. The highest BCUT2D eigenvalue weighted by atomic mass is 16.5. The first kappa shape index (κ1) is 19.1. The molecule has 0 bridgehead atoms. The molecule has 0 saturated carbocycles. The number of fused-ring (bicyclic) bond motifs is 1. The molecule has 0 spiro atoms.